The highest BCUT2D eigenvalue weighted by atomic mass is 19.1. The lowest BCUT2D eigenvalue weighted by atomic mass is 9.95. The number of amides is 2. The largest absolute Gasteiger partial charge is 0.352 e. The molecule has 0 spiro atoms. The summed E-state index contributed by atoms with van der Waals surface area (Å²) in [5.74, 6) is -0.425. The van der Waals surface area contributed by atoms with Crippen LogP contribution in [0.15, 0.2) is 42.5 Å². The number of hydrogen-bond acceptors (Lipinski definition) is 4. The van der Waals surface area contributed by atoms with Gasteiger partial charge in [-0.1, -0.05) is 18.2 Å². The molecule has 1 fully saturated rings. The fraction of sp³-hybridized carbons (Fsp3) is 0.423. The first kappa shape index (κ1) is 24.4. The number of rotatable bonds is 8. The number of carbonyl (C=O) groups excluding carboxylic acids is 2. The molecule has 2 aromatic carbocycles. The Kier molecular flexibility index (Phi) is 8.56. The number of benzene rings is 2. The highest BCUT2D eigenvalue weighted by molar-refractivity contribution is 5.95. The van der Waals surface area contributed by atoms with E-state index in [0.717, 1.165) is 22.4 Å². The van der Waals surface area contributed by atoms with Gasteiger partial charge in [0.1, 0.15) is 5.82 Å². The smallest absolute Gasteiger partial charge is 0.241 e. The van der Waals surface area contributed by atoms with Gasteiger partial charge in [0.15, 0.2) is 0 Å². The number of hydrogen-bond donors (Lipinski definition) is 1. The molecule has 2 aromatic rings. The molecule has 1 N–H and O–H groups in total. The number of aryl methyl sites for hydroxylation is 2. The normalized spacial score (nSPS) is 14.5. The molecule has 1 heterocycles. The molecule has 0 aliphatic carbocycles. The summed E-state index contributed by atoms with van der Waals surface area (Å²) in [5, 5.41) is 12.0. The van der Waals surface area contributed by atoms with Crippen LogP contribution in [0, 0.1) is 36.9 Å². The molecule has 0 aromatic heterocycles. The van der Waals surface area contributed by atoms with Crippen molar-refractivity contribution >= 4 is 17.5 Å². The Labute approximate surface area is 195 Å². The molecule has 3 rings (SSSR count). The van der Waals surface area contributed by atoms with Gasteiger partial charge in [-0.2, -0.15) is 5.26 Å². The molecule has 0 radical (unpaired) electrons. The van der Waals surface area contributed by atoms with Gasteiger partial charge >= 0.3 is 0 Å². The van der Waals surface area contributed by atoms with Crippen LogP contribution in [0.1, 0.15) is 36.0 Å². The van der Waals surface area contributed by atoms with Gasteiger partial charge in [0.05, 0.1) is 19.0 Å². The molecule has 6 nitrogen and oxygen atoms in total. The first-order valence-corrected chi connectivity index (χ1v) is 11.4. The second-order valence-corrected chi connectivity index (χ2v) is 8.62. The van der Waals surface area contributed by atoms with E-state index in [1.165, 1.54) is 12.1 Å². The number of nitrogens with one attached hydrogen (secondary N) is 1. The number of nitriles is 1. The average molecular weight is 451 g/mol. The van der Waals surface area contributed by atoms with Gasteiger partial charge in [0.25, 0.3) is 0 Å². The fourth-order valence-electron chi connectivity index (χ4n) is 4.02. The monoisotopic (exact) mass is 450 g/mol. The van der Waals surface area contributed by atoms with Crippen molar-refractivity contribution in [3.8, 4) is 6.07 Å². The molecule has 174 valence electrons. The topological polar surface area (TPSA) is 76.4 Å². The van der Waals surface area contributed by atoms with E-state index in [2.05, 4.69) is 16.3 Å². The Bertz CT molecular complexity index is 1010. The summed E-state index contributed by atoms with van der Waals surface area (Å²) in [6, 6.07) is 14.1. The van der Waals surface area contributed by atoms with Crippen molar-refractivity contribution in [1.29, 1.82) is 5.26 Å². The quantitative estimate of drug-likeness (QED) is 0.665. The maximum atomic E-state index is 13.1. The number of piperidine rings is 1. The van der Waals surface area contributed by atoms with Gasteiger partial charge < -0.3 is 10.2 Å². The Balaban J connectivity index is 1.51. The standard InChI is InChI=1S/C26H31FN4O2/c1-19-4-9-24(16-20(19)2)31(13-3-12-28)25(32)18-30-14-10-22(11-15-30)26(33)29-17-21-5-7-23(27)8-6-21/h4-9,16,22H,3,10-11,13-15,17-18H2,1-2H3,(H,29,33). The van der Waals surface area contributed by atoms with Gasteiger partial charge in [0.2, 0.25) is 11.8 Å². The summed E-state index contributed by atoms with van der Waals surface area (Å²) in [5.41, 5.74) is 3.94. The van der Waals surface area contributed by atoms with Crippen LogP contribution in [0.2, 0.25) is 0 Å². The van der Waals surface area contributed by atoms with Gasteiger partial charge in [0, 0.05) is 24.7 Å². The molecule has 2 amide bonds. The maximum absolute atomic E-state index is 13.1. The zero-order chi connectivity index (χ0) is 23.8. The molecule has 7 heteroatoms. The van der Waals surface area contributed by atoms with Crippen LogP contribution in [-0.4, -0.2) is 42.9 Å². The van der Waals surface area contributed by atoms with Crippen molar-refractivity contribution in [2.45, 2.75) is 39.7 Å². The molecule has 1 saturated heterocycles. The number of anilines is 1. The highest BCUT2D eigenvalue weighted by Gasteiger charge is 2.27. The summed E-state index contributed by atoms with van der Waals surface area (Å²) in [6.45, 7) is 6.38. The van der Waals surface area contributed by atoms with Crippen LogP contribution in [0.5, 0.6) is 0 Å². The Hall–Kier alpha value is -3.24. The van der Waals surface area contributed by atoms with Crippen LogP contribution in [0.25, 0.3) is 0 Å². The molecule has 0 saturated carbocycles. The Morgan fingerprint density at radius 3 is 2.45 bits per heavy atom. The fourth-order valence-corrected chi connectivity index (χ4v) is 4.02. The lowest BCUT2D eigenvalue weighted by Gasteiger charge is -2.32. The number of likely N-dealkylation sites (tertiary alicyclic amines) is 1. The van der Waals surface area contributed by atoms with Gasteiger partial charge in [-0.15, -0.1) is 0 Å². The van der Waals surface area contributed by atoms with E-state index in [4.69, 9.17) is 5.26 Å². The second kappa shape index (κ2) is 11.6. The van der Waals surface area contributed by atoms with E-state index in [1.54, 1.807) is 17.0 Å². The van der Waals surface area contributed by atoms with Crippen molar-refractivity contribution in [3.63, 3.8) is 0 Å². The number of carbonyl (C=O) groups is 2. The predicted molar refractivity (Wildman–Crippen MR) is 126 cm³/mol. The summed E-state index contributed by atoms with van der Waals surface area (Å²) in [4.78, 5) is 29.4. The van der Waals surface area contributed by atoms with E-state index in [1.807, 2.05) is 32.0 Å². The summed E-state index contributed by atoms with van der Waals surface area (Å²) >= 11 is 0. The number of nitrogens with zero attached hydrogens (tertiary/aromatic N) is 3. The van der Waals surface area contributed by atoms with E-state index < -0.39 is 0 Å². The third kappa shape index (κ3) is 6.87. The molecule has 1 aliphatic heterocycles. The Morgan fingerprint density at radius 1 is 1.12 bits per heavy atom. The first-order chi connectivity index (χ1) is 15.9. The van der Waals surface area contributed by atoms with Crippen LogP contribution in [0.3, 0.4) is 0 Å². The minimum atomic E-state index is -0.296. The molecule has 1 aliphatic rings. The third-order valence-corrected chi connectivity index (χ3v) is 6.25. The van der Waals surface area contributed by atoms with Gasteiger partial charge in [-0.05, 0) is 80.7 Å². The van der Waals surface area contributed by atoms with E-state index in [-0.39, 0.29) is 36.5 Å². The van der Waals surface area contributed by atoms with E-state index in [9.17, 15) is 14.0 Å². The highest BCUT2D eigenvalue weighted by Crippen LogP contribution is 2.21. The van der Waals surface area contributed by atoms with Crippen LogP contribution >= 0.6 is 0 Å². The van der Waals surface area contributed by atoms with Crippen molar-refractivity contribution in [2.75, 3.05) is 31.1 Å². The molecular weight excluding hydrogens is 419 g/mol. The van der Waals surface area contributed by atoms with Crippen molar-refractivity contribution in [2.24, 2.45) is 5.92 Å². The molecule has 0 unspecified atom stereocenters. The summed E-state index contributed by atoms with van der Waals surface area (Å²) in [7, 11) is 0. The molecule has 33 heavy (non-hydrogen) atoms. The van der Waals surface area contributed by atoms with Gasteiger partial charge in [-0.25, -0.2) is 4.39 Å². The predicted octanol–water partition coefficient (Wildman–Crippen LogP) is 3.72. The molecule has 0 bridgehead atoms. The van der Waals surface area contributed by atoms with Gasteiger partial charge in [-0.3, -0.25) is 14.5 Å². The lowest BCUT2D eigenvalue weighted by molar-refractivity contribution is -0.126. The molecular formula is C26H31FN4O2. The van der Waals surface area contributed by atoms with E-state index >= 15 is 0 Å². The molecule has 0 atom stereocenters. The Morgan fingerprint density at radius 2 is 1.82 bits per heavy atom. The first-order valence-electron chi connectivity index (χ1n) is 11.4. The minimum absolute atomic E-state index is 0.00363. The maximum Gasteiger partial charge on any atom is 0.241 e. The summed E-state index contributed by atoms with van der Waals surface area (Å²) < 4.78 is 13.0. The lowest BCUT2D eigenvalue weighted by Crippen LogP contribution is -2.46. The minimum Gasteiger partial charge on any atom is -0.352 e. The number of halogens is 1. The average Bonchev–Trinajstić information content (AvgIpc) is 2.81. The van der Waals surface area contributed by atoms with Crippen LogP contribution in [-0.2, 0) is 16.1 Å². The zero-order valence-electron chi connectivity index (χ0n) is 19.3. The van der Waals surface area contributed by atoms with Crippen LogP contribution in [0.4, 0.5) is 10.1 Å². The second-order valence-electron chi connectivity index (χ2n) is 8.62. The SMILES string of the molecule is Cc1ccc(N(CCC#N)C(=O)CN2CCC(C(=O)NCc3ccc(F)cc3)CC2)cc1C. The van der Waals surface area contributed by atoms with E-state index in [0.29, 0.717) is 39.0 Å². The van der Waals surface area contributed by atoms with Crippen LogP contribution < -0.4 is 10.2 Å². The third-order valence-electron chi connectivity index (χ3n) is 6.25. The van der Waals surface area contributed by atoms with Crippen molar-refractivity contribution in [3.05, 3.63) is 65.0 Å². The van der Waals surface area contributed by atoms with Crippen molar-refractivity contribution in [1.82, 2.24) is 10.2 Å². The summed E-state index contributed by atoms with van der Waals surface area (Å²) in [6.07, 6.45) is 1.64. The van der Waals surface area contributed by atoms with Crippen molar-refractivity contribution < 1.29 is 14.0 Å². The zero-order valence-corrected chi connectivity index (χ0v) is 19.3.